The van der Waals surface area contributed by atoms with Gasteiger partial charge in [0.25, 0.3) is 0 Å². The zero-order chi connectivity index (χ0) is 13.6. The molecule has 100 valence electrons. The van der Waals surface area contributed by atoms with E-state index >= 15 is 0 Å². The molecule has 1 amide bonds. The highest BCUT2D eigenvalue weighted by Crippen LogP contribution is 2.16. The molecular formula is C12H24N2O3. The minimum Gasteiger partial charge on any atom is -0.480 e. The Labute approximate surface area is 103 Å². The second kappa shape index (κ2) is 6.59. The lowest BCUT2D eigenvalue weighted by atomic mass is 9.92. The fourth-order valence-corrected chi connectivity index (χ4v) is 1.18. The van der Waals surface area contributed by atoms with Crippen molar-refractivity contribution in [2.75, 3.05) is 20.1 Å². The van der Waals surface area contributed by atoms with E-state index in [0.717, 1.165) is 6.42 Å². The van der Waals surface area contributed by atoms with Gasteiger partial charge in [-0.3, -0.25) is 14.5 Å². The lowest BCUT2D eigenvalue weighted by Gasteiger charge is -2.21. The van der Waals surface area contributed by atoms with E-state index in [9.17, 15) is 9.59 Å². The van der Waals surface area contributed by atoms with E-state index in [1.54, 1.807) is 14.0 Å². The maximum absolute atomic E-state index is 11.5. The summed E-state index contributed by atoms with van der Waals surface area (Å²) >= 11 is 0. The van der Waals surface area contributed by atoms with Gasteiger partial charge in [-0.1, -0.05) is 20.8 Å². The molecule has 5 heteroatoms. The van der Waals surface area contributed by atoms with Gasteiger partial charge in [0.2, 0.25) is 5.91 Å². The Morgan fingerprint density at radius 2 is 1.88 bits per heavy atom. The summed E-state index contributed by atoms with van der Waals surface area (Å²) in [7, 11) is 1.63. The van der Waals surface area contributed by atoms with E-state index in [-0.39, 0.29) is 17.9 Å². The summed E-state index contributed by atoms with van der Waals surface area (Å²) in [5, 5.41) is 11.6. The lowest BCUT2D eigenvalue weighted by Crippen LogP contribution is -2.43. The summed E-state index contributed by atoms with van der Waals surface area (Å²) in [6.45, 7) is 8.62. The second-order valence-electron chi connectivity index (χ2n) is 5.59. The normalized spacial score (nSPS) is 13.5. The van der Waals surface area contributed by atoms with Crippen LogP contribution in [0.1, 0.15) is 34.1 Å². The fraction of sp³-hybridized carbons (Fsp3) is 0.833. The molecule has 0 aromatic heterocycles. The first-order valence-corrected chi connectivity index (χ1v) is 5.83. The van der Waals surface area contributed by atoms with Gasteiger partial charge in [-0.2, -0.15) is 0 Å². The quantitative estimate of drug-likeness (QED) is 0.729. The summed E-state index contributed by atoms with van der Waals surface area (Å²) in [6, 6.07) is -0.650. The van der Waals surface area contributed by atoms with Crippen LogP contribution in [0.2, 0.25) is 0 Å². The number of hydrogen-bond donors (Lipinski definition) is 2. The van der Waals surface area contributed by atoms with Crippen LogP contribution in [-0.4, -0.2) is 48.1 Å². The van der Waals surface area contributed by atoms with Crippen molar-refractivity contribution >= 4 is 11.9 Å². The van der Waals surface area contributed by atoms with E-state index in [2.05, 4.69) is 26.1 Å². The molecular weight excluding hydrogens is 220 g/mol. The third-order valence-corrected chi connectivity index (χ3v) is 2.61. The minimum atomic E-state index is -0.921. The van der Waals surface area contributed by atoms with Crippen molar-refractivity contribution in [3.8, 4) is 0 Å². The molecule has 2 N–H and O–H groups in total. The van der Waals surface area contributed by atoms with Gasteiger partial charge in [0.1, 0.15) is 6.04 Å². The number of carbonyl (C=O) groups is 2. The smallest absolute Gasteiger partial charge is 0.320 e. The van der Waals surface area contributed by atoms with Crippen molar-refractivity contribution in [2.24, 2.45) is 5.41 Å². The maximum atomic E-state index is 11.5. The molecule has 0 radical (unpaired) electrons. The number of nitrogens with zero attached hydrogens (tertiary/aromatic N) is 1. The van der Waals surface area contributed by atoms with Crippen LogP contribution in [0, 0.1) is 5.41 Å². The first-order chi connectivity index (χ1) is 7.63. The first-order valence-electron chi connectivity index (χ1n) is 5.83. The topological polar surface area (TPSA) is 69.6 Å². The predicted octanol–water partition coefficient (Wildman–Crippen LogP) is 0.944. The standard InChI is InChI=1S/C12H24N2O3/c1-9(11(16)17)14(5)8-10(15)13-7-6-12(2,3)4/h9H,6-8H2,1-5H3,(H,13,15)(H,16,17). The number of rotatable bonds is 6. The molecule has 5 nitrogen and oxygen atoms in total. The molecule has 0 rings (SSSR count). The Bertz CT molecular complexity index is 271. The Kier molecular flexibility index (Phi) is 6.16. The first kappa shape index (κ1) is 15.9. The third-order valence-electron chi connectivity index (χ3n) is 2.61. The summed E-state index contributed by atoms with van der Waals surface area (Å²) < 4.78 is 0. The fourth-order valence-electron chi connectivity index (χ4n) is 1.18. The number of carboxylic acid groups (broad SMARTS) is 1. The predicted molar refractivity (Wildman–Crippen MR) is 66.8 cm³/mol. The van der Waals surface area contributed by atoms with Gasteiger partial charge in [0.15, 0.2) is 0 Å². The van der Waals surface area contributed by atoms with Crippen LogP contribution in [0.15, 0.2) is 0 Å². The van der Waals surface area contributed by atoms with Crippen LogP contribution < -0.4 is 5.32 Å². The Morgan fingerprint density at radius 1 is 1.35 bits per heavy atom. The molecule has 0 aromatic rings. The van der Waals surface area contributed by atoms with Gasteiger partial charge in [-0.05, 0) is 25.8 Å². The van der Waals surface area contributed by atoms with Crippen LogP contribution in [0.4, 0.5) is 0 Å². The number of carbonyl (C=O) groups excluding carboxylic acids is 1. The Morgan fingerprint density at radius 3 is 2.29 bits per heavy atom. The van der Waals surface area contributed by atoms with Crippen molar-refractivity contribution < 1.29 is 14.7 Å². The molecule has 0 saturated carbocycles. The molecule has 0 spiro atoms. The largest absolute Gasteiger partial charge is 0.480 e. The van der Waals surface area contributed by atoms with E-state index in [4.69, 9.17) is 5.11 Å². The van der Waals surface area contributed by atoms with E-state index in [0.29, 0.717) is 6.54 Å². The van der Waals surface area contributed by atoms with Crippen LogP contribution in [-0.2, 0) is 9.59 Å². The lowest BCUT2D eigenvalue weighted by molar-refractivity contribution is -0.142. The molecule has 0 aliphatic heterocycles. The summed E-state index contributed by atoms with van der Waals surface area (Å²) in [4.78, 5) is 23.7. The molecule has 0 saturated heterocycles. The average Bonchev–Trinajstić information content (AvgIpc) is 2.13. The van der Waals surface area contributed by atoms with E-state index in [1.807, 2.05) is 0 Å². The molecule has 0 aliphatic rings. The molecule has 0 aromatic carbocycles. The van der Waals surface area contributed by atoms with Gasteiger partial charge in [0, 0.05) is 6.54 Å². The number of likely N-dealkylation sites (N-methyl/N-ethyl adjacent to an activating group) is 1. The Hall–Kier alpha value is -1.10. The highest BCUT2D eigenvalue weighted by Gasteiger charge is 2.19. The highest BCUT2D eigenvalue weighted by molar-refractivity contribution is 5.79. The molecule has 17 heavy (non-hydrogen) atoms. The maximum Gasteiger partial charge on any atom is 0.320 e. The number of aliphatic carboxylic acids is 1. The zero-order valence-corrected chi connectivity index (χ0v) is 11.4. The Balaban J connectivity index is 3.91. The monoisotopic (exact) mass is 244 g/mol. The van der Waals surface area contributed by atoms with Crippen LogP contribution >= 0.6 is 0 Å². The summed E-state index contributed by atoms with van der Waals surface area (Å²) in [5.74, 6) is -1.06. The molecule has 0 fully saturated rings. The van der Waals surface area contributed by atoms with Gasteiger partial charge in [-0.15, -0.1) is 0 Å². The summed E-state index contributed by atoms with van der Waals surface area (Å²) in [5.41, 5.74) is 0.188. The molecule has 0 aliphatic carbocycles. The molecule has 1 atom stereocenters. The zero-order valence-electron chi connectivity index (χ0n) is 11.4. The number of hydrogen-bond acceptors (Lipinski definition) is 3. The third kappa shape index (κ3) is 7.74. The van der Waals surface area contributed by atoms with Gasteiger partial charge < -0.3 is 10.4 Å². The van der Waals surface area contributed by atoms with Crippen molar-refractivity contribution in [3.63, 3.8) is 0 Å². The number of amides is 1. The minimum absolute atomic E-state index is 0.109. The number of carboxylic acids is 1. The average molecular weight is 244 g/mol. The van der Waals surface area contributed by atoms with Crippen molar-refractivity contribution in [2.45, 2.75) is 40.2 Å². The summed E-state index contributed by atoms with van der Waals surface area (Å²) in [6.07, 6.45) is 0.900. The molecule has 1 unspecified atom stereocenters. The van der Waals surface area contributed by atoms with Crippen LogP contribution in [0.25, 0.3) is 0 Å². The van der Waals surface area contributed by atoms with E-state index < -0.39 is 12.0 Å². The number of nitrogens with one attached hydrogen (secondary N) is 1. The van der Waals surface area contributed by atoms with Crippen LogP contribution in [0.3, 0.4) is 0 Å². The van der Waals surface area contributed by atoms with Crippen molar-refractivity contribution in [3.05, 3.63) is 0 Å². The van der Waals surface area contributed by atoms with E-state index in [1.165, 1.54) is 4.90 Å². The van der Waals surface area contributed by atoms with Gasteiger partial charge in [-0.25, -0.2) is 0 Å². The molecule has 0 heterocycles. The van der Waals surface area contributed by atoms with Gasteiger partial charge >= 0.3 is 5.97 Å². The SMILES string of the molecule is CC(C(=O)O)N(C)CC(=O)NCCC(C)(C)C. The van der Waals surface area contributed by atoms with Crippen molar-refractivity contribution in [1.82, 2.24) is 10.2 Å². The molecule has 0 bridgehead atoms. The second-order valence-corrected chi connectivity index (χ2v) is 5.59. The van der Waals surface area contributed by atoms with Gasteiger partial charge in [0.05, 0.1) is 6.54 Å². The highest BCUT2D eigenvalue weighted by atomic mass is 16.4. The van der Waals surface area contributed by atoms with Crippen LogP contribution in [0.5, 0.6) is 0 Å². The van der Waals surface area contributed by atoms with Crippen molar-refractivity contribution in [1.29, 1.82) is 0 Å².